The molecule has 2 aliphatic heterocycles. The van der Waals surface area contributed by atoms with Gasteiger partial charge in [0.25, 0.3) is 0 Å². The zero-order chi connectivity index (χ0) is 50.1. The Bertz CT molecular complexity index is 3050. The van der Waals surface area contributed by atoms with Crippen LogP contribution < -0.4 is 19.7 Å². The van der Waals surface area contributed by atoms with Gasteiger partial charge < -0.3 is 39.0 Å². The Morgan fingerprint density at radius 2 is 1.62 bits per heavy atom. The van der Waals surface area contributed by atoms with Crippen molar-refractivity contribution in [2.75, 3.05) is 58.1 Å². The van der Waals surface area contributed by atoms with Gasteiger partial charge in [-0.05, 0) is 125 Å². The lowest BCUT2D eigenvalue weighted by molar-refractivity contribution is -0.138. The summed E-state index contributed by atoms with van der Waals surface area (Å²) < 4.78 is 30.1. The molecule has 2 fully saturated rings. The monoisotopic (exact) mass is 966 g/mol. The number of rotatable bonds is 13. The van der Waals surface area contributed by atoms with Crippen LogP contribution in [0.4, 0.5) is 10.5 Å². The summed E-state index contributed by atoms with van der Waals surface area (Å²) >= 11 is 0. The van der Waals surface area contributed by atoms with E-state index in [2.05, 4.69) is 135 Å². The first kappa shape index (κ1) is 48.6. The van der Waals surface area contributed by atoms with E-state index in [1.54, 1.807) is 14.0 Å². The van der Waals surface area contributed by atoms with Crippen molar-refractivity contribution in [3.8, 4) is 39.5 Å². The van der Waals surface area contributed by atoms with E-state index in [1.165, 1.54) is 11.1 Å². The number of anilines is 1. The third-order valence-corrected chi connectivity index (χ3v) is 15.7. The number of alkyl carbamates (subject to hydrolysis) is 1. The van der Waals surface area contributed by atoms with Crippen LogP contribution in [0.2, 0.25) is 0 Å². The summed E-state index contributed by atoms with van der Waals surface area (Å²) in [5.74, 6) is 2.09. The lowest BCUT2D eigenvalue weighted by atomic mass is 9.76. The number of morpholine rings is 1. The maximum absolute atomic E-state index is 12.7. The minimum atomic E-state index is -0.971. The molecule has 2 heterocycles. The summed E-state index contributed by atoms with van der Waals surface area (Å²) in [5, 5.41) is 17.0. The Kier molecular flexibility index (Phi) is 13.6. The molecule has 1 saturated carbocycles. The highest BCUT2D eigenvalue weighted by atomic mass is 16.6. The number of nitrogens with one attached hydrogen (secondary N) is 1. The van der Waals surface area contributed by atoms with Gasteiger partial charge in [0.05, 0.1) is 33.5 Å². The maximum atomic E-state index is 12.7. The van der Waals surface area contributed by atoms with Crippen LogP contribution in [-0.4, -0.2) is 70.3 Å². The molecule has 10 nitrogen and oxygen atoms in total. The molecular formula is C62H66N2O8. The fraction of sp³-hybridized carbons (Fsp3) is 0.355. The molecular weight excluding hydrogens is 901 g/mol. The van der Waals surface area contributed by atoms with E-state index < -0.39 is 23.1 Å². The molecule has 0 bridgehead atoms. The van der Waals surface area contributed by atoms with E-state index >= 15 is 0 Å². The minimum Gasteiger partial charge on any atom is -0.508 e. The molecule has 6 aromatic carbocycles. The molecule has 72 heavy (non-hydrogen) atoms. The van der Waals surface area contributed by atoms with Gasteiger partial charge in [0.2, 0.25) is 0 Å². The molecule has 1 amide bonds. The first-order valence-corrected chi connectivity index (χ1v) is 25.6. The SMILES string of the molecule is C=C(C)C(=O)OCCNC(=O)OCC1CCCC(C)C(Cc2cc3c4c(c5c(c3cc2O)OC(c2ccccc2)(c2ccc(N3CCOCC3)cc2)C=C5)C(C)(C)c2cc(-c3ccccc3OC)ccc2-4)C1. The van der Waals surface area contributed by atoms with Crippen LogP contribution in [-0.2, 0) is 36.4 Å². The average Bonchev–Trinajstić information content (AvgIpc) is 3.50. The highest BCUT2D eigenvalue weighted by Gasteiger charge is 2.45. The molecule has 4 atom stereocenters. The number of phenols is 1. The molecule has 10 rings (SSSR count). The number of hydrogen-bond acceptors (Lipinski definition) is 9. The van der Waals surface area contributed by atoms with Crippen LogP contribution in [0, 0.1) is 17.8 Å². The largest absolute Gasteiger partial charge is 0.508 e. The highest BCUT2D eigenvalue weighted by Crippen LogP contribution is 2.59. The fourth-order valence-electron chi connectivity index (χ4n) is 11.8. The van der Waals surface area contributed by atoms with Gasteiger partial charge in [-0.15, -0.1) is 0 Å². The number of benzene rings is 6. The first-order chi connectivity index (χ1) is 34.9. The van der Waals surface area contributed by atoms with E-state index in [4.69, 9.17) is 23.7 Å². The number of esters is 1. The van der Waals surface area contributed by atoms with Crippen molar-refractivity contribution < 1.29 is 38.4 Å². The van der Waals surface area contributed by atoms with Crippen LogP contribution in [0.5, 0.6) is 17.2 Å². The quantitative estimate of drug-likeness (QED) is 0.0505. The Morgan fingerprint density at radius 1 is 0.875 bits per heavy atom. The topological polar surface area (TPSA) is 116 Å². The second kappa shape index (κ2) is 20.2. The minimum absolute atomic E-state index is 0.0400. The Balaban J connectivity index is 1.05. The first-order valence-electron chi connectivity index (χ1n) is 25.6. The Hall–Kier alpha value is -7.04. The summed E-state index contributed by atoms with van der Waals surface area (Å²) in [6, 6.07) is 38.4. The van der Waals surface area contributed by atoms with Gasteiger partial charge in [0, 0.05) is 57.4 Å². The van der Waals surface area contributed by atoms with E-state index in [1.807, 2.05) is 24.3 Å². The molecule has 372 valence electrons. The highest BCUT2D eigenvalue weighted by molar-refractivity contribution is 6.09. The molecule has 6 aromatic rings. The van der Waals surface area contributed by atoms with Crippen LogP contribution in [0.1, 0.15) is 86.8 Å². The van der Waals surface area contributed by atoms with Gasteiger partial charge in [0.1, 0.15) is 23.9 Å². The van der Waals surface area contributed by atoms with Crippen molar-refractivity contribution in [2.24, 2.45) is 17.8 Å². The Morgan fingerprint density at radius 3 is 2.39 bits per heavy atom. The van der Waals surface area contributed by atoms with Gasteiger partial charge in [-0.3, -0.25) is 0 Å². The predicted molar refractivity (Wildman–Crippen MR) is 285 cm³/mol. The number of hydrogen-bond donors (Lipinski definition) is 2. The normalized spacial score (nSPS) is 20.8. The molecule has 4 aliphatic rings. The fourth-order valence-corrected chi connectivity index (χ4v) is 11.8. The number of ether oxygens (including phenoxy) is 5. The number of methoxy groups -OCH3 is 1. The number of para-hydroxylation sites is 1. The van der Waals surface area contributed by atoms with Gasteiger partial charge in [-0.1, -0.05) is 119 Å². The molecule has 10 heteroatoms. The third kappa shape index (κ3) is 9.21. The van der Waals surface area contributed by atoms with Crippen molar-refractivity contribution in [2.45, 2.75) is 70.8 Å². The van der Waals surface area contributed by atoms with Gasteiger partial charge >= 0.3 is 12.1 Å². The second-order valence-corrected chi connectivity index (χ2v) is 20.7. The summed E-state index contributed by atoms with van der Waals surface area (Å²) in [4.78, 5) is 26.8. The zero-order valence-corrected chi connectivity index (χ0v) is 42.2. The standard InChI is InChI=1S/C62H66N2O8/c1-39(2)59(66)70-30-27-63-60(67)71-38-41-14-12-13-40(3)43(33-41)34-44-35-51-52(37-54(44)65)58-50(57-56(51)49-24-19-42(36-53(49)61(57,4)5)48-17-10-11-18-55(48)68-6)25-26-62(72-58,45-15-8-7-9-16-45)46-20-22-47(23-21-46)64-28-31-69-32-29-64/h7-11,15-26,35-37,40-41,43,65H,1,12-14,27-34,38H2,2-6H3,(H,63,67). The smallest absolute Gasteiger partial charge is 0.407 e. The number of fused-ring (bicyclic) bond motifs is 8. The van der Waals surface area contributed by atoms with Crippen LogP contribution in [0.15, 0.2) is 127 Å². The summed E-state index contributed by atoms with van der Waals surface area (Å²) in [5.41, 5.74) is 10.8. The van der Waals surface area contributed by atoms with Crippen molar-refractivity contribution in [1.29, 1.82) is 0 Å². The molecule has 2 aliphatic carbocycles. The number of nitrogens with zero attached hydrogens (tertiary/aromatic N) is 1. The van der Waals surface area contributed by atoms with Crippen molar-refractivity contribution in [1.82, 2.24) is 5.32 Å². The summed E-state index contributed by atoms with van der Waals surface area (Å²) in [6.45, 7) is 15.7. The van der Waals surface area contributed by atoms with Crippen LogP contribution >= 0.6 is 0 Å². The Labute approximate surface area is 423 Å². The van der Waals surface area contributed by atoms with Crippen molar-refractivity contribution in [3.63, 3.8) is 0 Å². The van der Waals surface area contributed by atoms with Crippen LogP contribution in [0.25, 0.3) is 39.1 Å². The molecule has 0 radical (unpaired) electrons. The molecule has 2 N–H and O–H groups in total. The zero-order valence-electron chi connectivity index (χ0n) is 42.2. The van der Waals surface area contributed by atoms with Gasteiger partial charge in [0.15, 0.2) is 5.60 Å². The van der Waals surface area contributed by atoms with Gasteiger partial charge in [-0.25, -0.2) is 9.59 Å². The lowest BCUT2D eigenvalue weighted by Crippen LogP contribution is -2.37. The number of phenolic OH excluding ortho intramolecular Hbond substituents is 1. The predicted octanol–water partition coefficient (Wildman–Crippen LogP) is 12.5. The lowest BCUT2D eigenvalue weighted by Gasteiger charge is -2.39. The number of amides is 1. The summed E-state index contributed by atoms with van der Waals surface area (Å²) in [7, 11) is 1.72. The van der Waals surface area contributed by atoms with E-state index in [0.717, 1.165) is 111 Å². The van der Waals surface area contributed by atoms with E-state index in [-0.39, 0.29) is 37.3 Å². The molecule has 0 spiro atoms. The van der Waals surface area contributed by atoms with Crippen molar-refractivity contribution >= 4 is 34.6 Å². The van der Waals surface area contributed by atoms with Crippen LogP contribution in [0.3, 0.4) is 0 Å². The molecule has 1 saturated heterocycles. The van der Waals surface area contributed by atoms with Gasteiger partial charge in [-0.2, -0.15) is 0 Å². The molecule has 4 unspecified atom stereocenters. The number of aromatic hydroxyl groups is 1. The maximum Gasteiger partial charge on any atom is 0.407 e. The number of carbonyl (C=O) groups is 2. The average molecular weight is 967 g/mol. The van der Waals surface area contributed by atoms with E-state index in [0.29, 0.717) is 31.1 Å². The second-order valence-electron chi connectivity index (χ2n) is 20.7. The van der Waals surface area contributed by atoms with E-state index in [9.17, 15) is 14.7 Å². The number of carbonyl (C=O) groups excluding carboxylic acids is 2. The molecule has 0 aromatic heterocycles. The third-order valence-electron chi connectivity index (χ3n) is 15.7. The van der Waals surface area contributed by atoms with Crippen molar-refractivity contribution in [3.05, 3.63) is 161 Å². The summed E-state index contributed by atoms with van der Waals surface area (Å²) in [6.07, 6.45) is 8.50.